The van der Waals surface area contributed by atoms with Gasteiger partial charge in [0.05, 0.1) is 36.9 Å². The maximum atomic E-state index is 14.0. The molecule has 0 spiro atoms. The van der Waals surface area contributed by atoms with Crippen LogP contribution in [0.5, 0.6) is 0 Å². The van der Waals surface area contributed by atoms with Crippen LogP contribution in [-0.2, 0) is 28.8 Å². The molecular weight excluding hydrogens is 1410 g/mol. The first-order valence-electron chi connectivity index (χ1n) is 41.5. The van der Waals surface area contributed by atoms with Crippen molar-refractivity contribution in [2.75, 3.05) is 85.9 Å². The Hall–Kier alpha value is -9.36. The highest BCUT2D eigenvalue weighted by Gasteiger charge is 2.46. The lowest BCUT2D eigenvalue weighted by molar-refractivity contribution is -0.133. The summed E-state index contributed by atoms with van der Waals surface area (Å²) in [4.78, 5) is 119. The molecule has 592 valence electrons. The number of aromatic nitrogens is 8. The third-order valence-electron chi connectivity index (χ3n) is 26.0. The number of aliphatic hydroxyl groups is 4. The molecule has 15 rings (SSSR count). The van der Waals surface area contributed by atoms with Crippen LogP contribution in [0.2, 0.25) is 0 Å². The molecule has 4 aliphatic heterocycles. The molecule has 0 radical (unpaired) electrons. The summed E-state index contributed by atoms with van der Waals surface area (Å²) in [7, 11) is 0. The predicted octanol–water partition coefficient (Wildman–Crippen LogP) is 11.1. The second-order valence-corrected chi connectivity index (χ2v) is 33.6. The number of imidazole rings is 2. The minimum atomic E-state index is -1.12. The number of carbonyl (C=O) groups is 6. The number of fused-ring (bicyclic) bond motifs is 2. The van der Waals surface area contributed by atoms with Crippen LogP contribution in [0, 0.1) is 47.3 Å². The van der Waals surface area contributed by atoms with Gasteiger partial charge in [-0.25, -0.2) is 9.97 Å². The number of hydrogen-bond donors (Lipinski definition) is 6. The first kappa shape index (κ1) is 77.9. The third-order valence-corrected chi connectivity index (χ3v) is 26.0. The van der Waals surface area contributed by atoms with E-state index < -0.39 is 48.3 Å². The second-order valence-electron chi connectivity index (χ2n) is 33.6. The van der Waals surface area contributed by atoms with Crippen molar-refractivity contribution >= 4 is 80.8 Å². The summed E-state index contributed by atoms with van der Waals surface area (Å²) in [6.07, 6.45) is 10.3. The molecular formula is C88H110N14O10. The molecule has 3 aliphatic carbocycles. The standard InChI is InChI=1S/C88H110N14O10/c1-3-67(103)43-65-45-73(81(111)79(65)109)101-53-91-77-83(89-47-71(61-17-9-5-10-18-61)62-19-11-6-12-20-62)93-87(95-85(77)101)99-35-31-59(51-99)39-69(105)37-57-29-33-97(49-57)75(107)41-55-25-27-56(28-26-55)42-76(108)98-34-30-58(50-98)38-70(106)40-60-32-36-100(52-60)88-94-84(90-48-72(63-21-13-7-14-22-63)64-23-15-8-16-24-64)78-86(96-88)102(54-92-78)74-46-66(44-68(104)4-2)80(110)82(74)112/h5-24,53-60,65-66,71-74,79-82,109-112H,3-4,25-52H2,1-2H3,(H,89,93,95)(H,90,94,96)/t55?,56?,57-,58-,59+,60+,65-,66?,73+,74+,79+,80+,81-,82-/m0/s1. The van der Waals surface area contributed by atoms with E-state index in [2.05, 4.69) is 69.0 Å². The van der Waals surface area contributed by atoms with Gasteiger partial charge in [0, 0.05) is 141 Å². The number of nitrogens with one attached hydrogen (secondary N) is 2. The zero-order valence-electron chi connectivity index (χ0n) is 64.8. The summed E-state index contributed by atoms with van der Waals surface area (Å²) < 4.78 is 3.68. The maximum absolute atomic E-state index is 14.0. The number of nitrogens with zero attached hydrogens (tertiary/aromatic N) is 12. The Morgan fingerprint density at radius 2 is 0.732 bits per heavy atom. The van der Waals surface area contributed by atoms with E-state index in [1.165, 1.54) is 0 Å². The van der Waals surface area contributed by atoms with Gasteiger partial charge in [0.25, 0.3) is 0 Å². The van der Waals surface area contributed by atoms with Crippen LogP contribution in [0.25, 0.3) is 22.3 Å². The van der Waals surface area contributed by atoms with Crippen LogP contribution in [-0.4, -0.2) is 194 Å². The first-order chi connectivity index (χ1) is 54.5. The minimum Gasteiger partial charge on any atom is -0.390 e. The number of Topliss-reactive ketones (excluding diaryl/α,β-unsaturated/α-hetero) is 4. The maximum Gasteiger partial charge on any atom is 0.229 e. The van der Waals surface area contributed by atoms with Crippen molar-refractivity contribution in [3.63, 3.8) is 0 Å². The van der Waals surface area contributed by atoms with Crippen LogP contribution in [0.3, 0.4) is 0 Å². The average Bonchev–Trinajstić information content (AvgIpc) is 1.60. The van der Waals surface area contributed by atoms with E-state index in [0.29, 0.717) is 176 Å². The molecule has 4 aromatic carbocycles. The van der Waals surface area contributed by atoms with E-state index in [9.17, 15) is 49.2 Å². The quantitative estimate of drug-likeness (QED) is 0.0228. The topological polar surface area (TPSA) is 308 Å². The fraction of sp³-hybridized carbons (Fsp3) is 0.545. The minimum absolute atomic E-state index is 0.0144. The van der Waals surface area contributed by atoms with Crippen LogP contribution >= 0.6 is 0 Å². The molecule has 24 heteroatoms. The van der Waals surface area contributed by atoms with Crippen LogP contribution in [0.15, 0.2) is 134 Å². The van der Waals surface area contributed by atoms with Crippen molar-refractivity contribution in [3.8, 4) is 0 Å². The lowest BCUT2D eigenvalue weighted by Crippen LogP contribution is -2.33. The van der Waals surface area contributed by atoms with Gasteiger partial charge >= 0.3 is 0 Å². The van der Waals surface area contributed by atoms with Gasteiger partial charge in [0.2, 0.25) is 23.7 Å². The number of hydrogen-bond acceptors (Lipinski definition) is 20. The van der Waals surface area contributed by atoms with Crippen molar-refractivity contribution in [3.05, 3.63) is 156 Å². The zero-order chi connectivity index (χ0) is 77.5. The molecule has 3 saturated carbocycles. The molecule has 0 bridgehead atoms. The van der Waals surface area contributed by atoms with Gasteiger partial charge < -0.3 is 59.8 Å². The third kappa shape index (κ3) is 17.8. The Labute approximate surface area is 655 Å². The van der Waals surface area contributed by atoms with Gasteiger partial charge in [0.15, 0.2) is 34.0 Å². The number of aliphatic hydroxyl groups excluding tert-OH is 4. The van der Waals surface area contributed by atoms with E-state index in [1.807, 2.05) is 106 Å². The fourth-order valence-corrected chi connectivity index (χ4v) is 19.5. The Morgan fingerprint density at radius 3 is 1.08 bits per heavy atom. The van der Waals surface area contributed by atoms with Crippen molar-refractivity contribution in [1.82, 2.24) is 48.8 Å². The van der Waals surface area contributed by atoms with E-state index in [1.54, 1.807) is 12.7 Å². The Kier molecular flexibility index (Phi) is 24.6. The lowest BCUT2D eigenvalue weighted by atomic mass is 9.79. The van der Waals surface area contributed by atoms with E-state index in [0.717, 1.165) is 73.6 Å². The average molecular weight is 1520 g/mol. The SMILES string of the molecule is CCC(=O)CC1C[C@@H](n2cnc3c(NCC(c4ccccc4)c4ccccc4)nc(N4CC[C@H](CC(=O)C[C@@H]5CCN(C(=O)CC6CCC(CC(=O)N7CC[C@@H](CC(=O)C[C@H]8CCN(c9nc(NCC(c%10ccccc%10)c%10ccccc%10)c%10ncn([C@@H]%11C[C@H](CC(=O)CC)[C@@H](O)[C@H]%11O)c%10n9)C8)C7)CC6)C5)C4)nc32)[C@H](O)[C@@H]1O. The monoisotopic (exact) mass is 1520 g/mol. The summed E-state index contributed by atoms with van der Waals surface area (Å²) in [6, 6.07) is 40.2. The number of rotatable bonds is 32. The highest BCUT2D eigenvalue weighted by molar-refractivity contribution is 5.87. The normalized spacial score (nSPS) is 26.0. The smallest absolute Gasteiger partial charge is 0.229 e. The number of ketones is 4. The first-order valence-corrected chi connectivity index (χ1v) is 41.5. The van der Waals surface area contributed by atoms with Crippen LogP contribution < -0.4 is 20.4 Å². The number of carbonyl (C=O) groups excluding carboxylic acids is 6. The molecule has 12 atom stereocenters. The molecule has 6 N–H and O–H groups in total. The summed E-state index contributed by atoms with van der Waals surface area (Å²) in [5.74, 6) is 2.96. The van der Waals surface area contributed by atoms with E-state index >= 15 is 0 Å². The van der Waals surface area contributed by atoms with Crippen LogP contribution in [0.1, 0.15) is 188 Å². The predicted molar refractivity (Wildman–Crippen MR) is 428 cm³/mol. The Morgan fingerprint density at radius 1 is 0.393 bits per heavy atom. The molecule has 8 aromatic rings. The number of anilines is 4. The Bertz CT molecular complexity index is 4210. The summed E-state index contributed by atoms with van der Waals surface area (Å²) in [6.45, 7) is 9.57. The van der Waals surface area contributed by atoms with Gasteiger partial charge in [-0.05, 0) is 134 Å². The zero-order valence-corrected chi connectivity index (χ0v) is 64.8. The molecule has 112 heavy (non-hydrogen) atoms. The van der Waals surface area contributed by atoms with Gasteiger partial charge in [-0.1, -0.05) is 135 Å². The number of benzene rings is 4. The van der Waals surface area contributed by atoms with E-state index in [-0.39, 0.29) is 95.1 Å². The van der Waals surface area contributed by atoms with Crippen molar-refractivity contribution in [2.24, 2.45) is 47.3 Å². The van der Waals surface area contributed by atoms with Crippen molar-refractivity contribution < 1.29 is 49.2 Å². The van der Waals surface area contributed by atoms with Crippen LogP contribution in [0.4, 0.5) is 23.5 Å². The highest BCUT2D eigenvalue weighted by Crippen LogP contribution is 2.44. The van der Waals surface area contributed by atoms with Crippen molar-refractivity contribution in [2.45, 2.75) is 191 Å². The number of amides is 2. The summed E-state index contributed by atoms with van der Waals surface area (Å²) in [5, 5.41) is 52.7. The largest absolute Gasteiger partial charge is 0.390 e. The van der Waals surface area contributed by atoms with Gasteiger partial charge in [-0.3, -0.25) is 28.8 Å². The Balaban J connectivity index is 0.502. The summed E-state index contributed by atoms with van der Waals surface area (Å²) in [5.41, 5.74) is 6.68. The molecule has 24 nitrogen and oxygen atoms in total. The fourth-order valence-electron chi connectivity index (χ4n) is 19.5. The molecule has 4 saturated heterocycles. The molecule has 7 fully saturated rings. The lowest BCUT2D eigenvalue weighted by Gasteiger charge is -2.30. The molecule has 2 amide bonds. The molecule has 1 unspecified atom stereocenters. The highest BCUT2D eigenvalue weighted by atomic mass is 16.3. The molecule has 8 heterocycles. The molecule has 4 aromatic heterocycles. The van der Waals surface area contributed by atoms with Crippen molar-refractivity contribution in [1.29, 1.82) is 0 Å². The van der Waals surface area contributed by atoms with Gasteiger partial charge in [-0.15, -0.1) is 0 Å². The van der Waals surface area contributed by atoms with Gasteiger partial charge in [0.1, 0.15) is 35.3 Å². The summed E-state index contributed by atoms with van der Waals surface area (Å²) >= 11 is 0. The number of likely N-dealkylation sites (tertiary alicyclic amines) is 2. The molecule has 7 aliphatic rings. The van der Waals surface area contributed by atoms with Gasteiger partial charge in [-0.2, -0.15) is 19.9 Å². The van der Waals surface area contributed by atoms with E-state index in [4.69, 9.17) is 29.9 Å². The second kappa shape index (κ2) is 35.4.